The zero-order valence-corrected chi connectivity index (χ0v) is 22.7. The molecule has 1 unspecified atom stereocenters. The third-order valence-electron chi connectivity index (χ3n) is 6.68. The van der Waals surface area contributed by atoms with Crippen LogP contribution in [-0.4, -0.2) is 61.8 Å². The van der Waals surface area contributed by atoms with Crippen molar-refractivity contribution in [3.63, 3.8) is 0 Å². The molecule has 0 bridgehead atoms. The maximum atomic E-state index is 13.8. The summed E-state index contributed by atoms with van der Waals surface area (Å²) < 4.78 is 22.3. The van der Waals surface area contributed by atoms with Gasteiger partial charge in [-0.1, -0.05) is 19.9 Å². The Bertz CT molecular complexity index is 1310. The van der Waals surface area contributed by atoms with Crippen LogP contribution in [0, 0.1) is 5.92 Å². The highest BCUT2D eigenvalue weighted by Crippen LogP contribution is 2.35. The first kappa shape index (κ1) is 25.9. The zero-order chi connectivity index (χ0) is 26.6. The molecule has 0 spiro atoms. The Hall–Kier alpha value is -3.72. The van der Waals surface area contributed by atoms with E-state index in [1.54, 1.807) is 41.5 Å². The van der Waals surface area contributed by atoms with E-state index in [1.165, 1.54) is 4.88 Å². The summed E-state index contributed by atoms with van der Waals surface area (Å²) in [5.74, 6) is 2.44. The van der Waals surface area contributed by atoms with Gasteiger partial charge in [-0.3, -0.25) is 9.59 Å². The summed E-state index contributed by atoms with van der Waals surface area (Å²) in [4.78, 5) is 32.1. The van der Waals surface area contributed by atoms with Gasteiger partial charge in [0, 0.05) is 29.6 Å². The van der Waals surface area contributed by atoms with Crippen molar-refractivity contribution in [1.29, 1.82) is 0 Å². The third kappa shape index (κ3) is 5.57. The van der Waals surface area contributed by atoms with Gasteiger partial charge in [0.25, 0.3) is 5.91 Å². The monoisotopic (exact) mass is 536 g/mol. The molecule has 1 aromatic heterocycles. The van der Waals surface area contributed by atoms with Crippen LogP contribution in [0.4, 0.5) is 0 Å². The van der Waals surface area contributed by atoms with E-state index in [0.29, 0.717) is 48.3 Å². The van der Waals surface area contributed by atoms with Crippen molar-refractivity contribution in [2.45, 2.75) is 26.3 Å². The summed E-state index contributed by atoms with van der Waals surface area (Å²) in [6, 6.07) is 14.4. The average Bonchev–Trinajstić information content (AvgIpc) is 3.60. The molecule has 9 heteroatoms. The molecule has 0 aliphatic carbocycles. The second-order valence-electron chi connectivity index (χ2n) is 9.79. The van der Waals surface area contributed by atoms with Gasteiger partial charge in [0.05, 0.1) is 13.2 Å². The Morgan fingerprint density at radius 1 is 1.11 bits per heavy atom. The van der Waals surface area contributed by atoms with Gasteiger partial charge in [-0.15, -0.1) is 11.3 Å². The number of benzene rings is 2. The van der Waals surface area contributed by atoms with E-state index in [1.807, 2.05) is 43.0 Å². The van der Waals surface area contributed by atoms with Crippen molar-refractivity contribution < 1.29 is 28.5 Å². The lowest BCUT2D eigenvalue weighted by molar-refractivity contribution is -0.135. The molecule has 200 valence electrons. The van der Waals surface area contributed by atoms with E-state index in [2.05, 4.69) is 11.4 Å². The molecular weight excluding hydrogens is 504 g/mol. The Labute approximate surface area is 226 Å². The quantitative estimate of drug-likeness (QED) is 0.392. The molecule has 2 aliphatic heterocycles. The number of methoxy groups -OCH3 is 1. The fourth-order valence-corrected chi connectivity index (χ4v) is 5.80. The van der Waals surface area contributed by atoms with Crippen molar-refractivity contribution in [3.05, 3.63) is 69.9 Å². The van der Waals surface area contributed by atoms with E-state index in [-0.39, 0.29) is 37.1 Å². The maximum Gasteiger partial charge on any atom is 0.254 e. The average molecular weight is 537 g/mol. The number of nitrogens with zero attached hydrogens (tertiary/aromatic N) is 2. The van der Waals surface area contributed by atoms with Crippen molar-refractivity contribution in [2.24, 2.45) is 5.92 Å². The van der Waals surface area contributed by atoms with Gasteiger partial charge in [0.15, 0.2) is 11.5 Å². The minimum Gasteiger partial charge on any atom is -0.497 e. The standard InChI is InChI=1S/C29H32N2O6S/c1-19(2)15-30(29(33)20-7-8-25-26(13-20)37-18-36-25)16-28(32)31-11-9-27-23(10-12-38-27)24(31)17-35-22-6-4-5-21(14-22)34-3/h4-8,10,12-14,19,24H,9,11,15-18H2,1-3H3. The molecule has 0 radical (unpaired) electrons. The van der Waals surface area contributed by atoms with Gasteiger partial charge in [-0.05, 0) is 59.7 Å². The second-order valence-corrected chi connectivity index (χ2v) is 10.8. The summed E-state index contributed by atoms with van der Waals surface area (Å²) in [6.07, 6.45) is 0.786. The van der Waals surface area contributed by atoms with Crippen molar-refractivity contribution in [2.75, 3.05) is 40.1 Å². The van der Waals surface area contributed by atoms with Crippen LogP contribution < -0.4 is 18.9 Å². The number of hydrogen-bond donors (Lipinski definition) is 0. The first-order valence-corrected chi connectivity index (χ1v) is 13.6. The van der Waals surface area contributed by atoms with Gasteiger partial charge in [0.2, 0.25) is 12.7 Å². The van der Waals surface area contributed by atoms with E-state index in [4.69, 9.17) is 18.9 Å². The number of fused-ring (bicyclic) bond motifs is 2. The molecule has 3 aromatic rings. The Morgan fingerprint density at radius 2 is 1.92 bits per heavy atom. The largest absolute Gasteiger partial charge is 0.497 e. The number of carbonyl (C=O) groups is 2. The minimum atomic E-state index is -0.245. The number of thiophene rings is 1. The number of ether oxygens (including phenoxy) is 4. The predicted octanol–water partition coefficient (Wildman–Crippen LogP) is 4.79. The van der Waals surface area contributed by atoms with Crippen molar-refractivity contribution in [3.8, 4) is 23.0 Å². The van der Waals surface area contributed by atoms with Crippen molar-refractivity contribution in [1.82, 2.24) is 9.80 Å². The number of amides is 2. The summed E-state index contributed by atoms with van der Waals surface area (Å²) in [6.45, 7) is 5.54. The molecule has 2 aliphatic rings. The first-order valence-electron chi connectivity index (χ1n) is 12.7. The molecule has 0 fully saturated rings. The van der Waals surface area contributed by atoms with E-state index in [0.717, 1.165) is 12.0 Å². The second kappa shape index (κ2) is 11.3. The molecule has 3 heterocycles. The van der Waals surface area contributed by atoms with E-state index in [9.17, 15) is 9.59 Å². The van der Waals surface area contributed by atoms with Crippen LogP contribution in [0.1, 0.15) is 40.7 Å². The van der Waals surface area contributed by atoms with Gasteiger partial charge in [-0.2, -0.15) is 0 Å². The summed E-state index contributed by atoms with van der Waals surface area (Å²) >= 11 is 1.70. The number of carbonyl (C=O) groups excluding carboxylic acids is 2. The molecular formula is C29H32N2O6S. The number of hydrogen-bond acceptors (Lipinski definition) is 7. The molecule has 2 aromatic carbocycles. The fourth-order valence-electron chi connectivity index (χ4n) is 4.87. The smallest absolute Gasteiger partial charge is 0.254 e. The highest BCUT2D eigenvalue weighted by Gasteiger charge is 2.34. The summed E-state index contributed by atoms with van der Waals surface area (Å²) in [7, 11) is 1.62. The van der Waals surface area contributed by atoms with Crippen LogP contribution >= 0.6 is 11.3 Å². The van der Waals surface area contributed by atoms with Crippen LogP contribution in [0.5, 0.6) is 23.0 Å². The summed E-state index contributed by atoms with van der Waals surface area (Å²) in [5, 5.41) is 2.06. The van der Waals surface area contributed by atoms with Crippen LogP contribution in [0.15, 0.2) is 53.9 Å². The first-order chi connectivity index (χ1) is 18.4. The third-order valence-corrected chi connectivity index (χ3v) is 7.68. The van der Waals surface area contributed by atoms with Crippen molar-refractivity contribution >= 4 is 23.2 Å². The Morgan fingerprint density at radius 3 is 2.74 bits per heavy atom. The van der Waals surface area contributed by atoms with Gasteiger partial charge in [-0.25, -0.2) is 0 Å². The van der Waals surface area contributed by atoms with Crippen LogP contribution in [0.3, 0.4) is 0 Å². The molecule has 5 rings (SSSR count). The van der Waals surface area contributed by atoms with Crippen LogP contribution in [0.25, 0.3) is 0 Å². The normalized spacial score (nSPS) is 15.8. The Kier molecular flexibility index (Phi) is 7.74. The van der Waals surface area contributed by atoms with Crippen LogP contribution in [-0.2, 0) is 11.2 Å². The zero-order valence-electron chi connectivity index (χ0n) is 21.8. The Balaban J connectivity index is 1.34. The molecule has 38 heavy (non-hydrogen) atoms. The highest BCUT2D eigenvalue weighted by molar-refractivity contribution is 7.10. The lowest BCUT2D eigenvalue weighted by atomic mass is 10.00. The van der Waals surface area contributed by atoms with Gasteiger partial charge < -0.3 is 28.7 Å². The molecule has 2 amide bonds. The molecule has 0 saturated carbocycles. The molecule has 1 atom stereocenters. The lowest BCUT2D eigenvalue weighted by Crippen LogP contribution is -2.48. The van der Waals surface area contributed by atoms with E-state index >= 15 is 0 Å². The topological polar surface area (TPSA) is 77.5 Å². The molecule has 0 saturated heterocycles. The fraction of sp³-hybridized carbons (Fsp3) is 0.379. The minimum absolute atomic E-state index is 0.0133. The van der Waals surface area contributed by atoms with Crippen LogP contribution in [0.2, 0.25) is 0 Å². The van der Waals surface area contributed by atoms with Gasteiger partial charge in [0.1, 0.15) is 24.7 Å². The number of rotatable bonds is 9. The van der Waals surface area contributed by atoms with Gasteiger partial charge >= 0.3 is 0 Å². The SMILES string of the molecule is COc1cccc(OCC2c3ccsc3CCN2C(=O)CN(CC(C)C)C(=O)c2ccc3c(c2)OCO3)c1. The highest BCUT2D eigenvalue weighted by atomic mass is 32.1. The summed E-state index contributed by atoms with van der Waals surface area (Å²) in [5.41, 5.74) is 1.58. The maximum absolute atomic E-state index is 13.8. The van der Waals surface area contributed by atoms with E-state index < -0.39 is 0 Å². The molecule has 0 N–H and O–H groups in total. The predicted molar refractivity (Wildman–Crippen MR) is 144 cm³/mol. The lowest BCUT2D eigenvalue weighted by Gasteiger charge is -2.37. The molecule has 8 nitrogen and oxygen atoms in total.